The van der Waals surface area contributed by atoms with Gasteiger partial charge in [-0.3, -0.25) is 9.59 Å². The maximum Gasteiger partial charge on any atom is 0.247 e. The minimum atomic E-state index is -0.532. The van der Waals surface area contributed by atoms with Crippen molar-refractivity contribution in [3.63, 3.8) is 0 Å². The Bertz CT molecular complexity index is 510. The van der Waals surface area contributed by atoms with Crippen LogP contribution in [0.15, 0.2) is 18.2 Å². The van der Waals surface area contributed by atoms with Gasteiger partial charge in [-0.2, -0.15) is 0 Å². The van der Waals surface area contributed by atoms with E-state index in [4.69, 9.17) is 16.3 Å². The number of nitrogens with one attached hydrogen (secondary N) is 2. The second-order valence-electron chi connectivity index (χ2n) is 3.97. The van der Waals surface area contributed by atoms with Gasteiger partial charge in [-0.25, -0.2) is 0 Å². The molecule has 2 amide bonds. The van der Waals surface area contributed by atoms with Gasteiger partial charge in [-0.1, -0.05) is 11.6 Å². The van der Waals surface area contributed by atoms with E-state index in [1.165, 1.54) is 18.9 Å². The van der Waals surface area contributed by atoms with Gasteiger partial charge in [-0.15, -0.1) is 11.8 Å². The zero-order chi connectivity index (χ0) is 13.8. The van der Waals surface area contributed by atoms with Crippen LogP contribution in [0.2, 0.25) is 5.02 Å². The van der Waals surface area contributed by atoms with Crippen LogP contribution < -0.4 is 15.4 Å². The number of ether oxygens (including phenoxy) is 1. The highest BCUT2D eigenvalue weighted by Crippen LogP contribution is 2.28. The standard InChI is InChI=1S/C12H13ClN2O3S/c1-18-10-3-2-7(13)4-8(10)15-12(17)9-5-19-6-11(16)14-9/h2-4,9H,5-6H2,1H3,(H,14,16)(H,15,17). The summed E-state index contributed by atoms with van der Waals surface area (Å²) < 4.78 is 5.14. The fourth-order valence-corrected chi connectivity index (χ4v) is 2.72. The minimum Gasteiger partial charge on any atom is -0.495 e. The third kappa shape index (κ3) is 3.54. The lowest BCUT2D eigenvalue weighted by atomic mass is 10.2. The molecule has 2 rings (SSSR count). The van der Waals surface area contributed by atoms with E-state index in [1.54, 1.807) is 18.2 Å². The first-order valence-corrected chi connectivity index (χ1v) is 7.15. The van der Waals surface area contributed by atoms with Gasteiger partial charge in [0.15, 0.2) is 0 Å². The molecule has 0 aromatic heterocycles. The first-order chi connectivity index (χ1) is 9.10. The number of hydrogen-bond acceptors (Lipinski definition) is 4. The summed E-state index contributed by atoms with van der Waals surface area (Å²) in [6.45, 7) is 0. The van der Waals surface area contributed by atoms with Gasteiger partial charge in [-0.05, 0) is 18.2 Å². The van der Waals surface area contributed by atoms with E-state index in [2.05, 4.69) is 10.6 Å². The Morgan fingerprint density at radius 2 is 2.37 bits per heavy atom. The predicted molar refractivity (Wildman–Crippen MR) is 75.9 cm³/mol. The van der Waals surface area contributed by atoms with Gasteiger partial charge < -0.3 is 15.4 Å². The molecule has 1 unspecified atom stereocenters. The molecule has 19 heavy (non-hydrogen) atoms. The van der Waals surface area contributed by atoms with Crippen LogP contribution in [0.25, 0.3) is 0 Å². The first-order valence-electron chi connectivity index (χ1n) is 5.61. The lowest BCUT2D eigenvalue weighted by Crippen LogP contribution is -2.49. The Morgan fingerprint density at radius 3 is 3.05 bits per heavy atom. The third-order valence-corrected chi connectivity index (χ3v) is 3.86. The molecule has 0 aliphatic carbocycles. The number of amides is 2. The van der Waals surface area contributed by atoms with Crippen LogP contribution in [0.3, 0.4) is 0 Å². The number of anilines is 1. The van der Waals surface area contributed by atoms with Crippen LogP contribution in [-0.2, 0) is 9.59 Å². The molecule has 5 nitrogen and oxygen atoms in total. The Hall–Kier alpha value is -1.40. The topological polar surface area (TPSA) is 67.4 Å². The molecule has 0 radical (unpaired) electrons. The van der Waals surface area contributed by atoms with Crippen LogP contribution in [0.1, 0.15) is 0 Å². The number of carbonyl (C=O) groups is 2. The molecule has 1 aliphatic heterocycles. The molecule has 0 saturated carbocycles. The fourth-order valence-electron chi connectivity index (χ4n) is 1.69. The van der Waals surface area contributed by atoms with Crippen molar-refractivity contribution in [2.45, 2.75) is 6.04 Å². The predicted octanol–water partition coefficient (Wildman–Crippen LogP) is 1.52. The summed E-state index contributed by atoms with van der Waals surface area (Å²) in [5, 5.41) is 5.86. The summed E-state index contributed by atoms with van der Waals surface area (Å²) >= 11 is 7.32. The average molecular weight is 301 g/mol. The molecule has 1 heterocycles. The summed E-state index contributed by atoms with van der Waals surface area (Å²) in [5.74, 6) is 1.06. The zero-order valence-corrected chi connectivity index (χ0v) is 11.8. The monoisotopic (exact) mass is 300 g/mol. The van der Waals surface area contributed by atoms with Crippen LogP contribution in [0, 0.1) is 0 Å². The highest BCUT2D eigenvalue weighted by Gasteiger charge is 2.25. The SMILES string of the molecule is COc1ccc(Cl)cc1NC(=O)C1CSCC(=O)N1. The van der Waals surface area contributed by atoms with Gasteiger partial charge >= 0.3 is 0 Å². The Morgan fingerprint density at radius 1 is 1.58 bits per heavy atom. The van der Waals surface area contributed by atoms with Crippen LogP contribution in [0.5, 0.6) is 5.75 Å². The molecule has 7 heteroatoms. The lowest BCUT2D eigenvalue weighted by Gasteiger charge is -2.22. The highest BCUT2D eigenvalue weighted by atomic mass is 35.5. The van der Waals surface area contributed by atoms with Crippen molar-refractivity contribution in [2.24, 2.45) is 0 Å². The number of rotatable bonds is 3. The molecular formula is C12H13ClN2O3S. The van der Waals surface area contributed by atoms with E-state index >= 15 is 0 Å². The van der Waals surface area contributed by atoms with E-state index in [1.807, 2.05) is 0 Å². The smallest absolute Gasteiger partial charge is 0.247 e. The van der Waals surface area contributed by atoms with E-state index in [-0.39, 0.29) is 11.8 Å². The van der Waals surface area contributed by atoms with Crippen molar-refractivity contribution in [1.82, 2.24) is 5.32 Å². The maximum absolute atomic E-state index is 12.1. The Balaban J connectivity index is 2.09. The largest absolute Gasteiger partial charge is 0.495 e. The molecule has 1 saturated heterocycles. The first kappa shape index (κ1) is 14.0. The third-order valence-electron chi connectivity index (χ3n) is 2.59. The van der Waals surface area contributed by atoms with Gasteiger partial charge in [0.2, 0.25) is 11.8 Å². The summed E-state index contributed by atoms with van der Waals surface area (Å²) in [7, 11) is 1.51. The number of carbonyl (C=O) groups excluding carboxylic acids is 2. The number of hydrogen-bond donors (Lipinski definition) is 2. The summed E-state index contributed by atoms with van der Waals surface area (Å²) in [4.78, 5) is 23.3. The second-order valence-corrected chi connectivity index (χ2v) is 5.44. The van der Waals surface area contributed by atoms with Gasteiger partial charge in [0.05, 0.1) is 18.6 Å². The number of halogens is 1. The van der Waals surface area contributed by atoms with Crippen molar-refractivity contribution in [3.8, 4) is 5.75 Å². The molecule has 102 valence electrons. The van der Waals surface area contributed by atoms with E-state index in [0.717, 1.165) is 0 Å². The van der Waals surface area contributed by atoms with Gasteiger partial charge in [0.25, 0.3) is 0 Å². The molecule has 2 N–H and O–H groups in total. The van der Waals surface area contributed by atoms with E-state index in [0.29, 0.717) is 28.0 Å². The van der Waals surface area contributed by atoms with E-state index in [9.17, 15) is 9.59 Å². The summed E-state index contributed by atoms with van der Waals surface area (Å²) in [6.07, 6.45) is 0. The van der Waals surface area contributed by atoms with Crippen molar-refractivity contribution < 1.29 is 14.3 Å². The van der Waals surface area contributed by atoms with Crippen molar-refractivity contribution >= 4 is 40.9 Å². The maximum atomic E-state index is 12.1. The van der Waals surface area contributed by atoms with Gasteiger partial charge in [0, 0.05) is 10.8 Å². The fraction of sp³-hybridized carbons (Fsp3) is 0.333. The molecule has 1 aromatic rings. The number of benzene rings is 1. The average Bonchev–Trinajstić information content (AvgIpc) is 2.39. The number of thioether (sulfide) groups is 1. The molecule has 1 aromatic carbocycles. The quantitative estimate of drug-likeness (QED) is 0.888. The normalized spacial score (nSPS) is 18.6. The zero-order valence-electron chi connectivity index (χ0n) is 10.2. The van der Waals surface area contributed by atoms with Crippen molar-refractivity contribution in [3.05, 3.63) is 23.2 Å². The van der Waals surface area contributed by atoms with E-state index < -0.39 is 6.04 Å². The Kier molecular flexibility index (Phi) is 4.55. The molecule has 1 fully saturated rings. The van der Waals surface area contributed by atoms with Crippen molar-refractivity contribution in [2.75, 3.05) is 23.9 Å². The summed E-state index contributed by atoms with van der Waals surface area (Å²) in [5.41, 5.74) is 0.491. The molecule has 1 aliphatic rings. The second kappa shape index (κ2) is 6.16. The van der Waals surface area contributed by atoms with Crippen LogP contribution >= 0.6 is 23.4 Å². The van der Waals surface area contributed by atoms with Gasteiger partial charge in [0.1, 0.15) is 11.8 Å². The summed E-state index contributed by atoms with van der Waals surface area (Å²) in [6, 6.07) is 4.42. The molecule has 0 spiro atoms. The van der Waals surface area contributed by atoms with Crippen LogP contribution in [-0.4, -0.2) is 36.5 Å². The minimum absolute atomic E-state index is 0.130. The molecule has 0 bridgehead atoms. The lowest BCUT2D eigenvalue weighted by molar-refractivity contribution is -0.124. The Labute approximate surface area is 120 Å². The highest BCUT2D eigenvalue weighted by molar-refractivity contribution is 8.00. The molecular weight excluding hydrogens is 288 g/mol. The van der Waals surface area contributed by atoms with Crippen molar-refractivity contribution in [1.29, 1.82) is 0 Å². The number of methoxy groups -OCH3 is 1. The molecule has 1 atom stereocenters. The van der Waals surface area contributed by atoms with Crippen LogP contribution in [0.4, 0.5) is 5.69 Å².